The third-order valence-corrected chi connectivity index (χ3v) is 5.38. The van der Waals surface area contributed by atoms with Crippen LogP contribution < -0.4 is 5.32 Å². The van der Waals surface area contributed by atoms with Crippen LogP contribution in [0.2, 0.25) is 0 Å². The Hall–Kier alpha value is -0.820. The average Bonchev–Trinajstić information content (AvgIpc) is 3.23. The quantitative estimate of drug-likeness (QED) is 0.732. The summed E-state index contributed by atoms with van der Waals surface area (Å²) < 4.78 is 0. The molecule has 0 saturated heterocycles. The summed E-state index contributed by atoms with van der Waals surface area (Å²) in [5.74, 6) is 2.58. The Morgan fingerprint density at radius 2 is 1.80 bits per heavy atom. The predicted molar refractivity (Wildman–Crippen MR) is 86.0 cm³/mol. The van der Waals surface area contributed by atoms with E-state index in [2.05, 4.69) is 43.4 Å². The van der Waals surface area contributed by atoms with Crippen molar-refractivity contribution in [2.45, 2.75) is 64.3 Å². The predicted octanol–water partition coefficient (Wildman–Crippen LogP) is 5.04. The molecular weight excluding hydrogens is 242 g/mol. The van der Waals surface area contributed by atoms with E-state index >= 15 is 0 Å². The van der Waals surface area contributed by atoms with Gasteiger partial charge in [-0.05, 0) is 67.5 Å². The van der Waals surface area contributed by atoms with E-state index in [0.29, 0.717) is 6.04 Å². The highest BCUT2D eigenvalue weighted by atomic mass is 14.9. The maximum Gasteiger partial charge on any atom is 0.0348 e. The molecule has 2 fully saturated rings. The fourth-order valence-corrected chi connectivity index (χ4v) is 3.52. The summed E-state index contributed by atoms with van der Waals surface area (Å²) >= 11 is 0. The molecule has 3 rings (SSSR count). The zero-order valence-electron chi connectivity index (χ0n) is 13.1. The summed E-state index contributed by atoms with van der Waals surface area (Å²) in [4.78, 5) is 0. The van der Waals surface area contributed by atoms with E-state index in [1.54, 1.807) is 5.56 Å². The van der Waals surface area contributed by atoms with Crippen molar-refractivity contribution in [3.63, 3.8) is 0 Å². The van der Waals surface area contributed by atoms with E-state index in [1.807, 2.05) is 0 Å². The summed E-state index contributed by atoms with van der Waals surface area (Å²) in [6.45, 7) is 5.82. The van der Waals surface area contributed by atoms with Crippen molar-refractivity contribution in [1.29, 1.82) is 0 Å². The van der Waals surface area contributed by atoms with E-state index < -0.39 is 0 Å². The molecule has 1 heteroatoms. The molecule has 0 bridgehead atoms. The molecule has 2 aliphatic carbocycles. The van der Waals surface area contributed by atoms with Gasteiger partial charge < -0.3 is 5.32 Å². The monoisotopic (exact) mass is 271 g/mol. The van der Waals surface area contributed by atoms with Crippen LogP contribution in [0, 0.1) is 11.8 Å². The van der Waals surface area contributed by atoms with Crippen LogP contribution in [0.4, 0.5) is 0 Å². The minimum atomic E-state index is 0.554. The molecule has 1 aromatic carbocycles. The molecule has 0 heterocycles. The molecule has 2 atom stereocenters. The lowest BCUT2D eigenvalue weighted by molar-refractivity contribution is 0.349. The number of benzene rings is 1. The highest BCUT2D eigenvalue weighted by molar-refractivity contribution is 5.29. The zero-order valence-corrected chi connectivity index (χ0v) is 13.1. The Morgan fingerprint density at radius 1 is 1.10 bits per heavy atom. The summed E-state index contributed by atoms with van der Waals surface area (Å²) in [6, 6.07) is 10.1. The van der Waals surface area contributed by atoms with Crippen molar-refractivity contribution in [3.8, 4) is 0 Å². The van der Waals surface area contributed by atoms with Gasteiger partial charge in [-0.2, -0.15) is 0 Å². The second-order valence-corrected chi connectivity index (χ2v) is 6.92. The smallest absolute Gasteiger partial charge is 0.0348 e. The normalized spacial score (nSPS) is 22.3. The lowest BCUT2D eigenvalue weighted by Gasteiger charge is -2.28. The largest absolute Gasteiger partial charge is 0.310 e. The Labute approximate surface area is 124 Å². The molecule has 0 aliphatic heterocycles. The standard InChI is InChI=1S/C19H29N/c1-3-13-20-19(14(2)15-7-8-15)18-11-9-17(10-12-18)16-5-4-6-16/h9-12,14-16,19-20H,3-8,13H2,1-2H3. The molecule has 2 saturated carbocycles. The highest BCUT2D eigenvalue weighted by Gasteiger charge is 2.33. The molecule has 1 aromatic rings. The van der Waals surface area contributed by atoms with E-state index in [0.717, 1.165) is 24.3 Å². The van der Waals surface area contributed by atoms with E-state index in [4.69, 9.17) is 0 Å². The minimum Gasteiger partial charge on any atom is -0.310 e. The first-order valence-electron chi connectivity index (χ1n) is 8.63. The summed E-state index contributed by atoms with van der Waals surface area (Å²) in [7, 11) is 0. The summed E-state index contributed by atoms with van der Waals surface area (Å²) in [5.41, 5.74) is 3.06. The summed E-state index contributed by atoms with van der Waals surface area (Å²) in [6.07, 6.45) is 8.31. The number of rotatable bonds is 7. The van der Waals surface area contributed by atoms with Gasteiger partial charge >= 0.3 is 0 Å². The highest BCUT2D eigenvalue weighted by Crippen LogP contribution is 2.43. The minimum absolute atomic E-state index is 0.554. The van der Waals surface area contributed by atoms with Gasteiger partial charge in [-0.3, -0.25) is 0 Å². The van der Waals surface area contributed by atoms with Gasteiger partial charge in [0.1, 0.15) is 0 Å². The molecule has 0 amide bonds. The van der Waals surface area contributed by atoms with Gasteiger partial charge in [-0.1, -0.05) is 44.5 Å². The fourth-order valence-electron chi connectivity index (χ4n) is 3.52. The van der Waals surface area contributed by atoms with Gasteiger partial charge in [-0.25, -0.2) is 0 Å². The molecule has 2 unspecified atom stereocenters. The maximum absolute atomic E-state index is 3.78. The molecule has 0 aromatic heterocycles. The SMILES string of the molecule is CCCNC(c1ccc(C2CCC2)cc1)C(C)C1CC1. The van der Waals surface area contributed by atoms with Crippen LogP contribution in [-0.2, 0) is 0 Å². The first kappa shape index (κ1) is 14.1. The van der Waals surface area contributed by atoms with E-state index in [9.17, 15) is 0 Å². The van der Waals surface area contributed by atoms with Crippen molar-refractivity contribution in [2.75, 3.05) is 6.54 Å². The number of hydrogen-bond acceptors (Lipinski definition) is 1. The molecule has 0 radical (unpaired) electrons. The third kappa shape index (κ3) is 3.09. The average molecular weight is 271 g/mol. The molecule has 1 nitrogen and oxygen atoms in total. The van der Waals surface area contributed by atoms with Gasteiger partial charge in [0.25, 0.3) is 0 Å². The molecule has 1 N–H and O–H groups in total. The Bertz CT molecular complexity index is 414. The first-order chi connectivity index (χ1) is 9.79. The first-order valence-corrected chi connectivity index (χ1v) is 8.63. The van der Waals surface area contributed by atoms with Crippen LogP contribution in [0.3, 0.4) is 0 Å². The fraction of sp³-hybridized carbons (Fsp3) is 0.684. The molecule has 0 spiro atoms. The third-order valence-electron chi connectivity index (χ3n) is 5.38. The Kier molecular flexibility index (Phi) is 4.45. The molecule has 2 aliphatic rings. The van der Waals surface area contributed by atoms with Gasteiger partial charge in [0.05, 0.1) is 0 Å². The second-order valence-electron chi connectivity index (χ2n) is 6.92. The van der Waals surface area contributed by atoms with Gasteiger partial charge in [0, 0.05) is 6.04 Å². The Balaban J connectivity index is 1.71. The van der Waals surface area contributed by atoms with Crippen molar-refractivity contribution in [2.24, 2.45) is 11.8 Å². The van der Waals surface area contributed by atoms with Crippen LogP contribution >= 0.6 is 0 Å². The topological polar surface area (TPSA) is 12.0 Å². The van der Waals surface area contributed by atoms with Gasteiger partial charge in [0.15, 0.2) is 0 Å². The Morgan fingerprint density at radius 3 is 2.30 bits per heavy atom. The van der Waals surface area contributed by atoms with E-state index in [1.165, 1.54) is 44.1 Å². The van der Waals surface area contributed by atoms with Crippen LogP contribution in [-0.4, -0.2) is 6.54 Å². The van der Waals surface area contributed by atoms with Crippen molar-refractivity contribution in [1.82, 2.24) is 5.32 Å². The van der Waals surface area contributed by atoms with Crippen molar-refractivity contribution in [3.05, 3.63) is 35.4 Å². The van der Waals surface area contributed by atoms with Crippen LogP contribution in [0.25, 0.3) is 0 Å². The maximum atomic E-state index is 3.78. The van der Waals surface area contributed by atoms with Crippen LogP contribution in [0.15, 0.2) is 24.3 Å². The van der Waals surface area contributed by atoms with Crippen molar-refractivity contribution >= 4 is 0 Å². The van der Waals surface area contributed by atoms with Crippen LogP contribution in [0.5, 0.6) is 0 Å². The molecule has 20 heavy (non-hydrogen) atoms. The lowest BCUT2D eigenvalue weighted by Crippen LogP contribution is -2.28. The number of nitrogens with one attached hydrogen (secondary N) is 1. The molecule has 110 valence electrons. The van der Waals surface area contributed by atoms with Crippen molar-refractivity contribution < 1.29 is 0 Å². The zero-order chi connectivity index (χ0) is 13.9. The summed E-state index contributed by atoms with van der Waals surface area (Å²) in [5, 5.41) is 3.78. The second kappa shape index (κ2) is 6.30. The lowest BCUT2D eigenvalue weighted by atomic mass is 9.79. The van der Waals surface area contributed by atoms with E-state index in [-0.39, 0.29) is 0 Å². The van der Waals surface area contributed by atoms with Gasteiger partial charge in [0.2, 0.25) is 0 Å². The van der Waals surface area contributed by atoms with Crippen LogP contribution in [0.1, 0.15) is 75.5 Å². The number of hydrogen-bond donors (Lipinski definition) is 1. The van der Waals surface area contributed by atoms with Gasteiger partial charge in [-0.15, -0.1) is 0 Å². The molecular formula is C19H29N.